The summed E-state index contributed by atoms with van der Waals surface area (Å²) in [4.78, 5) is 25.3. The zero-order valence-electron chi connectivity index (χ0n) is 12.0. The standard InChI is InChI=1S/C15H20N2O4/c1-11-10-17(8-5-9-21-11)15(20)16-13(14(18)19)12-6-3-2-4-7-12/h2-4,6-7,11,13H,5,8-10H2,1H3,(H,16,20)(H,18,19)/t11?,13-/m0/s1. The van der Waals surface area contributed by atoms with Gasteiger partial charge in [0.2, 0.25) is 0 Å². The highest BCUT2D eigenvalue weighted by Gasteiger charge is 2.26. The zero-order chi connectivity index (χ0) is 15.2. The van der Waals surface area contributed by atoms with Gasteiger partial charge >= 0.3 is 12.0 Å². The summed E-state index contributed by atoms with van der Waals surface area (Å²) in [6.45, 7) is 3.55. The summed E-state index contributed by atoms with van der Waals surface area (Å²) < 4.78 is 5.48. The van der Waals surface area contributed by atoms with Crippen molar-refractivity contribution < 1.29 is 19.4 Å². The third kappa shape index (κ3) is 4.19. The van der Waals surface area contributed by atoms with Crippen molar-refractivity contribution in [3.05, 3.63) is 35.9 Å². The molecule has 1 aliphatic heterocycles. The average molecular weight is 292 g/mol. The molecule has 114 valence electrons. The predicted molar refractivity (Wildman–Crippen MR) is 77.0 cm³/mol. The Hall–Kier alpha value is -2.08. The minimum Gasteiger partial charge on any atom is -0.479 e. The van der Waals surface area contributed by atoms with Gasteiger partial charge in [-0.25, -0.2) is 9.59 Å². The summed E-state index contributed by atoms with van der Waals surface area (Å²) in [7, 11) is 0. The second kappa shape index (κ2) is 7.08. The van der Waals surface area contributed by atoms with Crippen molar-refractivity contribution in [3.63, 3.8) is 0 Å². The lowest BCUT2D eigenvalue weighted by molar-refractivity contribution is -0.139. The van der Waals surface area contributed by atoms with E-state index in [-0.39, 0.29) is 12.1 Å². The molecule has 0 spiro atoms. The van der Waals surface area contributed by atoms with Crippen molar-refractivity contribution in [2.24, 2.45) is 0 Å². The third-order valence-corrected chi connectivity index (χ3v) is 3.39. The van der Waals surface area contributed by atoms with Crippen LogP contribution in [0.5, 0.6) is 0 Å². The van der Waals surface area contributed by atoms with Gasteiger partial charge < -0.3 is 20.1 Å². The number of carbonyl (C=O) groups excluding carboxylic acids is 1. The molecule has 2 amide bonds. The number of carboxylic acids is 1. The number of rotatable bonds is 3. The Labute approximate surface area is 123 Å². The van der Waals surface area contributed by atoms with E-state index in [2.05, 4.69) is 5.32 Å². The second-order valence-corrected chi connectivity index (χ2v) is 5.11. The molecule has 2 rings (SSSR count). The number of ether oxygens (including phenoxy) is 1. The highest BCUT2D eigenvalue weighted by atomic mass is 16.5. The van der Waals surface area contributed by atoms with E-state index in [4.69, 9.17) is 4.74 Å². The van der Waals surface area contributed by atoms with Crippen LogP contribution in [0.25, 0.3) is 0 Å². The van der Waals surface area contributed by atoms with E-state index in [0.717, 1.165) is 6.42 Å². The van der Waals surface area contributed by atoms with E-state index in [9.17, 15) is 14.7 Å². The first-order chi connectivity index (χ1) is 10.1. The Bertz CT molecular complexity index is 492. The molecular formula is C15H20N2O4. The minimum atomic E-state index is -1.08. The van der Waals surface area contributed by atoms with E-state index in [1.54, 1.807) is 35.2 Å². The van der Waals surface area contributed by atoms with Crippen LogP contribution in [-0.2, 0) is 9.53 Å². The van der Waals surface area contributed by atoms with Crippen LogP contribution in [0.3, 0.4) is 0 Å². The van der Waals surface area contributed by atoms with Crippen molar-refractivity contribution in [1.29, 1.82) is 0 Å². The fourth-order valence-corrected chi connectivity index (χ4v) is 2.33. The molecule has 1 aromatic rings. The molecule has 0 aliphatic carbocycles. The van der Waals surface area contributed by atoms with Gasteiger partial charge in [0.25, 0.3) is 0 Å². The van der Waals surface area contributed by atoms with Crippen LogP contribution in [0.4, 0.5) is 4.79 Å². The molecule has 0 aromatic heterocycles. The van der Waals surface area contributed by atoms with Crippen LogP contribution in [0.2, 0.25) is 0 Å². The molecule has 6 nitrogen and oxygen atoms in total. The average Bonchev–Trinajstić information content (AvgIpc) is 2.69. The predicted octanol–water partition coefficient (Wildman–Crippen LogP) is 1.63. The van der Waals surface area contributed by atoms with Crippen molar-refractivity contribution in [3.8, 4) is 0 Å². The number of amides is 2. The van der Waals surface area contributed by atoms with E-state index < -0.39 is 12.0 Å². The number of carbonyl (C=O) groups is 2. The number of hydrogen-bond donors (Lipinski definition) is 2. The lowest BCUT2D eigenvalue weighted by Gasteiger charge is -2.25. The van der Waals surface area contributed by atoms with Crippen molar-refractivity contribution >= 4 is 12.0 Å². The topological polar surface area (TPSA) is 78.9 Å². The molecule has 2 N–H and O–H groups in total. The fourth-order valence-electron chi connectivity index (χ4n) is 2.33. The zero-order valence-corrected chi connectivity index (χ0v) is 12.0. The largest absolute Gasteiger partial charge is 0.479 e. The van der Waals surface area contributed by atoms with Crippen molar-refractivity contribution in [1.82, 2.24) is 10.2 Å². The maximum Gasteiger partial charge on any atom is 0.330 e. The Morgan fingerprint density at radius 1 is 1.38 bits per heavy atom. The molecule has 2 atom stereocenters. The van der Waals surface area contributed by atoms with E-state index in [0.29, 0.717) is 25.3 Å². The summed E-state index contributed by atoms with van der Waals surface area (Å²) in [5.74, 6) is -1.08. The summed E-state index contributed by atoms with van der Waals surface area (Å²) in [5.41, 5.74) is 0.553. The number of nitrogens with one attached hydrogen (secondary N) is 1. The molecule has 6 heteroatoms. The van der Waals surface area contributed by atoms with Gasteiger partial charge in [-0.05, 0) is 18.9 Å². The van der Waals surface area contributed by atoms with Gasteiger partial charge in [-0.2, -0.15) is 0 Å². The molecule has 1 aliphatic rings. The molecule has 1 heterocycles. The molecule has 1 unspecified atom stereocenters. The van der Waals surface area contributed by atoms with Crippen molar-refractivity contribution in [2.45, 2.75) is 25.5 Å². The number of benzene rings is 1. The molecule has 1 aromatic carbocycles. The van der Waals surface area contributed by atoms with Gasteiger partial charge in [0.15, 0.2) is 6.04 Å². The number of hydrogen-bond acceptors (Lipinski definition) is 3. The molecule has 0 radical (unpaired) electrons. The summed E-state index contributed by atoms with van der Waals surface area (Å²) >= 11 is 0. The Morgan fingerprint density at radius 3 is 2.76 bits per heavy atom. The summed E-state index contributed by atoms with van der Waals surface area (Å²) in [6, 6.07) is 7.26. The van der Waals surface area contributed by atoms with Crippen LogP contribution in [0.1, 0.15) is 24.9 Å². The highest BCUT2D eigenvalue weighted by Crippen LogP contribution is 2.14. The van der Waals surface area contributed by atoms with E-state index >= 15 is 0 Å². The first kappa shape index (κ1) is 15.3. The molecule has 21 heavy (non-hydrogen) atoms. The van der Waals surface area contributed by atoms with Gasteiger partial charge in [0, 0.05) is 19.7 Å². The van der Waals surface area contributed by atoms with E-state index in [1.807, 2.05) is 6.92 Å². The van der Waals surface area contributed by atoms with Gasteiger partial charge in [0.05, 0.1) is 6.10 Å². The number of carboxylic acid groups (broad SMARTS) is 1. The number of nitrogens with zero attached hydrogens (tertiary/aromatic N) is 1. The SMILES string of the molecule is CC1CN(C(=O)N[C@H](C(=O)O)c2ccccc2)CCCO1. The molecule has 1 fully saturated rings. The van der Waals surface area contributed by atoms with Crippen LogP contribution in [0, 0.1) is 0 Å². The Kier molecular flexibility index (Phi) is 5.16. The van der Waals surface area contributed by atoms with Crippen LogP contribution in [-0.4, -0.2) is 47.8 Å². The summed E-state index contributed by atoms with van der Waals surface area (Å²) in [5, 5.41) is 11.9. The molecule has 0 saturated carbocycles. The first-order valence-corrected chi connectivity index (χ1v) is 7.02. The Morgan fingerprint density at radius 2 is 2.10 bits per heavy atom. The molecule has 0 bridgehead atoms. The summed E-state index contributed by atoms with van der Waals surface area (Å²) in [6.07, 6.45) is 0.708. The lowest BCUT2D eigenvalue weighted by Crippen LogP contribution is -2.45. The lowest BCUT2D eigenvalue weighted by atomic mass is 10.1. The smallest absolute Gasteiger partial charge is 0.330 e. The quantitative estimate of drug-likeness (QED) is 0.887. The Balaban J connectivity index is 2.06. The second-order valence-electron chi connectivity index (χ2n) is 5.11. The van der Waals surface area contributed by atoms with Gasteiger partial charge in [-0.3, -0.25) is 0 Å². The van der Waals surface area contributed by atoms with Gasteiger partial charge in [-0.1, -0.05) is 30.3 Å². The molecular weight excluding hydrogens is 272 g/mol. The minimum absolute atomic E-state index is 0.0433. The van der Waals surface area contributed by atoms with Gasteiger partial charge in [-0.15, -0.1) is 0 Å². The van der Waals surface area contributed by atoms with Crippen LogP contribution >= 0.6 is 0 Å². The number of urea groups is 1. The third-order valence-electron chi connectivity index (χ3n) is 3.39. The first-order valence-electron chi connectivity index (χ1n) is 7.02. The fraction of sp³-hybridized carbons (Fsp3) is 0.467. The van der Waals surface area contributed by atoms with Crippen molar-refractivity contribution in [2.75, 3.05) is 19.7 Å². The highest BCUT2D eigenvalue weighted by molar-refractivity contribution is 5.83. The van der Waals surface area contributed by atoms with Gasteiger partial charge in [0.1, 0.15) is 0 Å². The van der Waals surface area contributed by atoms with E-state index in [1.165, 1.54) is 0 Å². The normalized spacial score (nSPS) is 20.4. The molecule has 1 saturated heterocycles. The maximum absolute atomic E-state index is 12.3. The number of aliphatic carboxylic acids is 1. The maximum atomic E-state index is 12.3. The van der Waals surface area contributed by atoms with Crippen LogP contribution in [0.15, 0.2) is 30.3 Å². The van der Waals surface area contributed by atoms with Crippen LogP contribution < -0.4 is 5.32 Å². The monoisotopic (exact) mass is 292 g/mol.